The van der Waals surface area contributed by atoms with E-state index in [0.29, 0.717) is 0 Å². The summed E-state index contributed by atoms with van der Waals surface area (Å²) in [6.07, 6.45) is 0.943. The van der Waals surface area contributed by atoms with Crippen molar-refractivity contribution < 1.29 is 0 Å². The predicted octanol–water partition coefficient (Wildman–Crippen LogP) is 3.43. The van der Waals surface area contributed by atoms with Crippen molar-refractivity contribution in [1.29, 1.82) is 0 Å². The molecule has 0 radical (unpaired) electrons. The summed E-state index contributed by atoms with van der Waals surface area (Å²) in [5, 5.41) is 0. The van der Waals surface area contributed by atoms with E-state index in [9.17, 15) is 0 Å². The first-order chi connectivity index (χ1) is 5.68. The van der Waals surface area contributed by atoms with Crippen LogP contribution in [0.25, 0.3) is 11.1 Å². The molecule has 0 atom stereocenters. The molecule has 0 heteroatoms. The summed E-state index contributed by atoms with van der Waals surface area (Å²) in [6, 6.07) is 6.46. The molecule has 1 aromatic carbocycles. The number of hydrogen-bond donors (Lipinski definition) is 0. The monoisotopic (exact) mass is 156 g/mol. The van der Waals surface area contributed by atoms with Gasteiger partial charge in [-0.25, -0.2) is 0 Å². The molecule has 0 nitrogen and oxygen atoms in total. The van der Waals surface area contributed by atoms with E-state index in [0.717, 1.165) is 6.42 Å². The van der Waals surface area contributed by atoms with Gasteiger partial charge in [0.1, 0.15) is 0 Å². The maximum atomic E-state index is 4.03. The second-order valence-electron chi connectivity index (χ2n) is 3.43. The van der Waals surface area contributed by atoms with Gasteiger partial charge in [0.05, 0.1) is 0 Å². The Morgan fingerprint density at radius 3 is 2.50 bits per heavy atom. The number of rotatable bonds is 0. The molecule has 1 aromatic rings. The average Bonchev–Trinajstić information content (AvgIpc) is 2.28. The van der Waals surface area contributed by atoms with Crippen LogP contribution in [0.15, 0.2) is 31.4 Å². The van der Waals surface area contributed by atoms with Gasteiger partial charge in [0.25, 0.3) is 0 Å². The van der Waals surface area contributed by atoms with Gasteiger partial charge in [0.15, 0.2) is 0 Å². The molecule has 0 N–H and O–H groups in total. The van der Waals surface area contributed by atoms with E-state index in [2.05, 4.69) is 38.3 Å². The smallest absolute Gasteiger partial charge is 0.00252 e. The third-order valence-corrected chi connectivity index (χ3v) is 2.36. The van der Waals surface area contributed by atoms with Crippen molar-refractivity contribution in [3.8, 4) is 0 Å². The van der Waals surface area contributed by atoms with Crippen LogP contribution in [-0.4, -0.2) is 0 Å². The Balaban J connectivity index is 2.68. The first-order valence-corrected chi connectivity index (χ1v) is 4.15. The molecule has 0 spiro atoms. The van der Waals surface area contributed by atoms with E-state index in [4.69, 9.17) is 0 Å². The Morgan fingerprint density at radius 2 is 1.75 bits per heavy atom. The van der Waals surface area contributed by atoms with Gasteiger partial charge in [-0.3, -0.25) is 0 Å². The third kappa shape index (κ3) is 0.918. The van der Waals surface area contributed by atoms with Gasteiger partial charge < -0.3 is 0 Å². The topological polar surface area (TPSA) is 0 Å². The second kappa shape index (κ2) is 2.34. The molecule has 0 fully saturated rings. The molecule has 0 bridgehead atoms. The van der Waals surface area contributed by atoms with Crippen LogP contribution in [0.3, 0.4) is 0 Å². The van der Waals surface area contributed by atoms with Crippen LogP contribution >= 0.6 is 0 Å². The largest absolute Gasteiger partial charge is 0.0949 e. The van der Waals surface area contributed by atoms with E-state index < -0.39 is 0 Å². The fourth-order valence-corrected chi connectivity index (χ4v) is 1.71. The zero-order chi connectivity index (χ0) is 8.72. The second-order valence-corrected chi connectivity index (χ2v) is 3.43. The average molecular weight is 156 g/mol. The predicted molar refractivity (Wildman–Crippen MR) is 53.9 cm³/mol. The molecule has 1 aliphatic rings. The van der Waals surface area contributed by atoms with Gasteiger partial charge >= 0.3 is 0 Å². The van der Waals surface area contributed by atoms with Crippen LogP contribution in [0.4, 0.5) is 0 Å². The highest BCUT2D eigenvalue weighted by molar-refractivity contribution is 5.90. The maximum Gasteiger partial charge on any atom is -0.00252 e. The number of fused-ring (bicyclic) bond motifs is 1. The Kier molecular flexibility index (Phi) is 1.44. The summed E-state index contributed by atoms with van der Waals surface area (Å²) in [4.78, 5) is 0. The summed E-state index contributed by atoms with van der Waals surface area (Å²) >= 11 is 0. The summed E-state index contributed by atoms with van der Waals surface area (Å²) in [7, 11) is 0. The lowest BCUT2D eigenvalue weighted by Crippen LogP contribution is -1.80. The molecular formula is C12H12. The maximum absolute atomic E-state index is 4.03. The van der Waals surface area contributed by atoms with E-state index in [1.807, 2.05) is 0 Å². The lowest BCUT2D eigenvalue weighted by atomic mass is 10.0. The molecule has 0 unspecified atom stereocenters. The van der Waals surface area contributed by atoms with Crippen LogP contribution < -0.4 is 0 Å². The summed E-state index contributed by atoms with van der Waals surface area (Å²) in [6.45, 7) is 10.1. The summed E-state index contributed by atoms with van der Waals surface area (Å²) in [5.74, 6) is 0. The van der Waals surface area contributed by atoms with Crippen molar-refractivity contribution in [2.75, 3.05) is 0 Å². The lowest BCUT2D eigenvalue weighted by Gasteiger charge is -2.00. The fourth-order valence-electron chi connectivity index (χ4n) is 1.71. The number of aryl methyl sites for hydroxylation is 1. The molecule has 1 aliphatic carbocycles. The Labute approximate surface area is 73.2 Å². The molecular weight excluding hydrogens is 144 g/mol. The van der Waals surface area contributed by atoms with Crippen LogP contribution in [0.2, 0.25) is 0 Å². The van der Waals surface area contributed by atoms with Crippen molar-refractivity contribution in [3.63, 3.8) is 0 Å². The summed E-state index contributed by atoms with van der Waals surface area (Å²) < 4.78 is 0. The van der Waals surface area contributed by atoms with Crippen molar-refractivity contribution in [3.05, 3.63) is 48.0 Å². The fraction of sp³-hybridized carbons (Fsp3) is 0.167. The van der Waals surface area contributed by atoms with Gasteiger partial charge in [-0.2, -0.15) is 0 Å². The van der Waals surface area contributed by atoms with E-state index in [-0.39, 0.29) is 0 Å². The molecule has 2 rings (SSSR count). The van der Waals surface area contributed by atoms with Crippen molar-refractivity contribution in [2.45, 2.75) is 13.3 Å². The molecule has 0 aromatic heterocycles. The molecule has 0 aliphatic heterocycles. The highest BCUT2D eigenvalue weighted by Gasteiger charge is 2.16. The van der Waals surface area contributed by atoms with E-state index in [1.165, 1.54) is 27.8 Å². The Hall–Kier alpha value is -1.30. The first kappa shape index (κ1) is 7.35. The molecule has 0 saturated carbocycles. The van der Waals surface area contributed by atoms with Crippen molar-refractivity contribution >= 4 is 11.1 Å². The number of allylic oxidation sites excluding steroid dienone is 2. The highest BCUT2D eigenvalue weighted by atomic mass is 14.2. The zero-order valence-corrected chi connectivity index (χ0v) is 7.35. The molecule has 0 amide bonds. The highest BCUT2D eigenvalue weighted by Crippen LogP contribution is 2.38. The van der Waals surface area contributed by atoms with Gasteiger partial charge in [-0.1, -0.05) is 36.9 Å². The van der Waals surface area contributed by atoms with Gasteiger partial charge in [-0.05, 0) is 35.6 Å². The van der Waals surface area contributed by atoms with E-state index >= 15 is 0 Å². The quantitative estimate of drug-likeness (QED) is 0.540. The Bertz CT molecular complexity index is 370. The molecule has 60 valence electrons. The summed E-state index contributed by atoms with van der Waals surface area (Å²) in [5.41, 5.74) is 6.28. The molecule has 12 heavy (non-hydrogen) atoms. The zero-order valence-electron chi connectivity index (χ0n) is 7.35. The van der Waals surface area contributed by atoms with Gasteiger partial charge in [0, 0.05) is 0 Å². The SMILES string of the molecule is C=C1CC(=C)c2cc(C)ccc21. The van der Waals surface area contributed by atoms with Crippen LogP contribution in [0.5, 0.6) is 0 Å². The molecule has 0 heterocycles. The minimum atomic E-state index is 0.943. The minimum absolute atomic E-state index is 0.943. The number of hydrogen-bond acceptors (Lipinski definition) is 0. The van der Waals surface area contributed by atoms with Crippen LogP contribution in [-0.2, 0) is 0 Å². The Morgan fingerprint density at radius 1 is 1.08 bits per heavy atom. The third-order valence-electron chi connectivity index (χ3n) is 2.36. The van der Waals surface area contributed by atoms with Crippen LogP contribution in [0, 0.1) is 6.92 Å². The van der Waals surface area contributed by atoms with Crippen molar-refractivity contribution in [2.24, 2.45) is 0 Å². The first-order valence-electron chi connectivity index (χ1n) is 4.15. The normalized spacial score (nSPS) is 15.1. The lowest BCUT2D eigenvalue weighted by molar-refractivity contribution is 1.45. The van der Waals surface area contributed by atoms with Crippen LogP contribution in [0.1, 0.15) is 23.1 Å². The minimum Gasteiger partial charge on any atom is -0.0949 e. The van der Waals surface area contributed by atoms with E-state index in [1.54, 1.807) is 0 Å². The van der Waals surface area contributed by atoms with Gasteiger partial charge in [-0.15, -0.1) is 0 Å². The molecule has 0 saturated heterocycles. The number of benzene rings is 1. The standard InChI is InChI=1S/C12H12/c1-8-4-5-11-9(2)7-10(3)12(11)6-8/h4-6H,2-3,7H2,1H3. The van der Waals surface area contributed by atoms with Crippen molar-refractivity contribution in [1.82, 2.24) is 0 Å². The van der Waals surface area contributed by atoms with Gasteiger partial charge in [0.2, 0.25) is 0 Å².